The van der Waals surface area contributed by atoms with Gasteiger partial charge in [0.25, 0.3) is 10.0 Å². The van der Waals surface area contributed by atoms with E-state index in [4.69, 9.17) is 9.47 Å². The molecule has 0 bridgehead atoms. The van der Waals surface area contributed by atoms with Gasteiger partial charge in [-0.1, -0.05) is 48.0 Å². The van der Waals surface area contributed by atoms with Crippen LogP contribution in [0.3, 0.4) is 0 Å². The third-order valence-corrected chi connectivity index (χ3v) is 10.5. The maximum atomic E-state index is 15.9. The lowest BCUT2D eigenvalue weighted by Crippen LogP contribution is -2.14. The highest BCUT2D eigenvalue weighted by Crippen LogP contribution is 2.38. The van der Waals surface area contributed by atoms with Crippen molar-refractivity contribution in [2.45, 2.75) is 50.7 Å². The highest BCUT2D eigenvalue weighted by atomic mass is 32.2. The molecular formula is C40H37F2N3O6S. The standard InChI is InChI=1S/C40H37F2N3O6S/c1-4-7-36(28-9-6-8-27(22-28)12-17-39(47)50-5-2)45-37(18-20-43-45)32-23-29(13-16-34(32)41)51-40-33(25-46)31-19-21-44(38(31)24-35(40)42)52(48,49)30-14-10-26(3)11-15-30/h4,6,8-11,13-16,18-24,36,46H,1,5,7,12,17,25H2,2-3H3. The van der Waals surface area contributed by atoms with Crippen molar-refractivity contribution < 1.29 is 36.6 Å². The second kappa shape index (κ2) is 15.3. The summed E-state index contributed by atoms with van der Waals surface area (Å²) in [7, 11) is -4.08. The smallest absolute Gasteiger partial charge is 0.306 e. The minimum Gasteiger partial charge on any atom is -0.466 e. The van der Waals surface area contributed by atoms with E-state index >= 15 is 8.78 Å². The summed E-state index contributed by atoms with van der Waals surface area (Å²) in [6.45, 7) is 7.16. The van der Waals surface area contributed by atoms with E-state index in [9.17, 15) is 18.3 Å². The number of esters is 1. The first kappa shape index (κ1) is 36.2. The molecule has 0 radical (unpaired) electrons. The number of carbonyl (C=O) groups is 1. The Morgan fingerprint density at radius 1 is 1.02 bits per heavy atom. The zero-order chi connectivity index (χ0) is 37.0. The summed E-state index contributed by atoms with van der Waals surface area (Å²) in [5.74, 6) is -2.02. The molecule has 0 amide bonds. The predicted octanol–water partition coefficient (Wildman–Crippen LogP) is 8.27. The molecule has 0 aliphatic rings. The van der Waals surface area contributed by atoms with Gasteiger partial charge in [-0.25, -0.2) is 21.2 Å². The summed E-state index contributed by atoms with van der Waals surface area (Å²) >= 11 is 0. The maximum Gasteiger partial charge on any atom is 0.306 e. The first-order valence-corrected chi connectivity index (χ1v) is 18.1. The second-order valence-corrected chi connectivity index (χ2v) is 14.0. The van der Waals surface area contributed by atoms with Crippen molar-refractivity contribution in [3.05, 3.63) is 144 Å². The number of aliphatic hydroxyl groups excluding tert-OH is 1. The summed E-state index contributed by atoms with van der Waals surface area (Å²) < 4.78 is 72.1. The van der Waals surface area contributed by atoms with Crippen molar-refractivity contribution >= 4 is 26.9 Å². The molecule has 0 spiro atoms. The number of ether oxygens (including phenoxy) is 2. The maximum absolute atomic E-state index is 15.9. The minimum atomic E-state index is -4.08. The molecule has 0 saturated heterocycles. The first-order chi connectivity index (χ1) is 25.0. The predicted molar refractivity (Wildman–Crippen MR) is 194 cm³/mol. The molecule has 6 aromatic rings. The SMILES string of the molecule is C=CCC(c1cccc(CCC(=O)OCC)c1)n1nccc1-c1cc(Oc2c(F)cc3c(ccn3S(=O)(=O)c3ccc(C)cc3)c2CO)ccc1F. The van der Waals surface area contributed by atoms with Gasteiger partial charge < -0.3 is 14.6 Å². The first-order valence-electron chi connectivity index (χ1n) is 16.7. The molecule has 0 aliphatic heterocycles. The molecule has 1 unspecified atom stereocenters. The molecule has 2 heterocycles. The molecular weight excluding hydrogens is 689 g/mol. The zero-order valence-electron chi connectivity index (χ0n) is 28.6. The van der Waals surface area contributed by atoms with Crippen LogP contribution in [0.1, 0.15) is 48.1 Å². The summed E-state index contributed by atoms with van der Waals surface area (Å²) in [6, 6.07) is 21.7. The molecule has 268 valence electrons. The van der Waals surface area contributed by atoms with E-state index < -0.39 is 28.3 Å². The van der Waals surface area contributed by atoms with Gasteiger partial charge in [0, 0.05) is 41.4 Å². The van der Waals surface area contributed by atoms with Crippen LogP contribution in [0.25, 0.3) is 22.2 Å². The van der Waals surface area contributed by atoms with E-state index in [1.165, 1.54) is 42.6 Å². The van der Waals surface area contributed by atoms with Crippen LogP contribution in [0.15, 0.2) is 115 Å². The summed E-state index contributed by atoms with van der Waals surface area (Å²) in [5, 5.41) is 15.2. The lowest BCUT2D eigenvalue weighted by molar-refractivity contribution is -0.143. The fourth-order valence-electron chi connectivity index (χ4n) is 6.20. The number of rotatable bonds is 14. The van der Waals surface area contributed by atoms with E-state index in [-0.39, 0.29) is 56.9 Å². The van der Waals surface area contributed by atoms with E-state index in [0.29, 0.717) is 25.1 Å². The fraction of sp³-hybridized carbons (Fsp3) is 0.200. The zero-order valence-corrected chi connectivity index (χ0v) is 29.4. The molecule has 1 atom stereocenters. The van der Waals surface area contributed by atoms with Crippen molar-refractivity contribution in [3.8, 4) is 22.8 Å². The largest absolute Gasteiger partial charge is 0.466 e. The molecule has 1 N–H and O–H groups in total. The van der Waals surface area contributed by atoms with Gasteiger partial charge in [0.2, 0.25) is 0 Å². The Bertz CT molecular complexity index is 2370. The Hall–Kier alpha value is -5.59. The number of hydrogen-bond acceptors (Lipinski definition) is 7. The molecule has 52 heavy (non-hydrogen) atoms. The van der Waals surface area contributed by atoms with Gasteiger partial charge in [-0.3, -0.25) is 9.48 Å². The van der Waals surface area contributed by atoms with E-state index in [0.717, 1.165) is 26.7 Å². The number of fused-ring (bicyclic) bond motifs is 1. The Balaban J connectivity index is 1.34. The van der Waals surface area contributed by atoms with Crippen LogP contribution in [0, 0.1) is 18.6 Å². The average molecular weight is 726 g/mol. The van der Waals surface area contributed by atoms with Gasteiger partial charge in [-0.05, 0) is 80.3 Å². The summed E-state index contributed by atoms with van der Waals surface area (Å²) in [6.07, 6.45) is 5.77. The lowest BCUT2D eigenvalue weighted by Gasteiger charge is -2.21. The van der Waals surface area contributed by atoms with Crippen LogP contribution < -0.4 is 4.74 Å². The minimum absolute atomic E-state index is 0.0244. The number of aromatic nitrogens is 3. The number of nitrogens with zero attached hydrogens (tertiary/aromatic N) is 3. The van der Waals surface area contributed by atoms with Gasteiger partial charge in [-0.2, -0.15) is 5.10 Å². The summed E-state index contributed by atoms with van der Waals surface area (Å²) in [4.78, 5) is 12.0. The Labute approximate surface area is 300 Å². The van der Waals surface area contributed by atoms with Gasteiger partial charge in [0.05, 0.1) is 35.4 Å². The van der Waals surface area contributed by atoms with Crippen LogP contribution in [0.5, 0.6) is 11.5 Å². The van der Waals surface area contributed by atoms with Crippen LogP contribution in [0.2, 0.25) is 0 Å². The molecule has 2 aromatic heterocycles. The number of allylic oxidation sites excluding steroid dienone is 1. The number of halogens is 2. The molecule has 9 nitrogen and oxygen atoms in total. The van der Waals surface area contributed by atoms with Crippen molar-refractivity contribution in [1.29, 1.82) is 0 Å². The van der Waals surface area contributed by atoms with Gasteiger partial charge in [0.15, 0.2) is 11.6 Å². The Morgan fingerprint density at radius 2 is 1.81 bits per heavy atom. The molecule has 6 rings (SSSR count). The van der Waals surface area contributed by atoms with E-state index in [2.05, 4.69) is 11.7 Å². The van der Waals surface area contributed by atoms with Crippen LogP contribution in [-0.4, -0.2) is 39.9 Å². The molecule has 0 aliphatic carbocycles. The average Bonchev–Trinajstić information content (AvgIpc) is 3.79. The third kappa shape index (κ3) is 7.25. The van der Waals surface area contributed by atoms with E-state index in [1.54, 1.807) is 42.1 Å². The highest BCUT2D eigenvalue weighted by molar-refractivity contribution is 7.90. The lowest BCUT2D eigenvalue weighted by atomic mass is 9.98. The Morgan fingerprint density at radius 3 is 2.54 bits per heavy atom. The number of aryl methyl sites for hydroxylation is 2. The quantitative estimate of drug-likeness (QED) is 0.0889. The molecule has 0 saturated carbocycles. The van der Waals surface area contributed by atoms with Gasteiger partial charge in [0.1, 0.15) is 11.6 Å². The van der Waals surface area contributed by atoms with Crippen molar-refractivity contribution in [1.82, 2.24) is 13.8 Å². The molecule has 12 heteroatoms. The topological polar surface area (TPSA) is 113 Å². The molecule has 0 fully saturated rings. The van der Waals surface area contributed by atoms with Crippen molar-refractivity contribution in [2.24, 2.45) is 0 Å². The number of benzene rings is 4. The number of aliphatic hydroxyl groups is 1. The summed E-state index contributed by atoms with van der Waals surface area (Å²) in [5.41, 5.74) is 3.28. The fourth-order valence-corrected chi connectivity index (χ4v) is 7.54. The molecule has 4 aromatic carbocycles. The van der Waals surface area contributed by atoms with Crippen LogP contribution in [-0.2, 0) is 32.6 Å². The monoisotopic (exact) mass is 725 g/mol. The van der Waals surface area contributed by atoms with Crippen molar-refractivity contribution in [3.63, 3.8) is 0 Å². The van der Waals surface area contributed by atoms with Crippen LogP contribution >= 0.6 is 0 Å². The Kier molecular flexibility index (Phi) is 10.7. The van der Waals surface area contributed by atoms with Gasteiger partial charge in [-0.15, -0.1) is 6.58 Å². The highest BCUT2D eigenvalue weighted by Gasteiger charge is 2.25. The number of carbonyl (C=O) groups excluding carboxylic acids is 1. The normalized spacial score (nSPS) is 12.2. The number of hydrogen-bond donors (Lipinski definition) is 1. The van der Waals surface area contributed by atoms with Crippen LogP contribution in [0.4, 0.5) is 8.78 Å². The third-order valence-electron chi connectivity index (χ3n) is 8.75. The second-order valence-electron chi connectivity index (χ2n) is 12.2. The van der Waals surface area contributed by atoms with Gasteiger partial charge >= 0.3 is 5.97 Å². The van der Waals surface area contributed by atoms with Crippen molar-refractivity contribution in [2.75, 3.05) is 6.61 Å². The van der Waals surface area contributed by atoms with E-state index in [1.807, 2.05) is 31.2 Å².